The van der Waals surface area contributed by atoms with Crippen molar-refractivity contribution in [3.05, 3.63) is 48.8 Å². The number of hydrogen-bond acceptors (Lipinski definition) is 1. The van der Waals surface area contributed by atoms with Crippen LogP contribution in [0.5, 0.6) is 0 Å². The normalized spacial score (nSPS) is 11.2. The zero-order valence-electron chi connectivity index (χ0n) is 6.62. The lowest BCUT2D eigenvalue weighted by molar-refractivity contribution is 1.27. The van der Waals surface area contributed by atoms with Crippen molar-refractivity contribution in [2.75, 3.05) is 0 Å². The van der Waals surface area contributed by atoms with E-state index in [4.69, 9.17) is 0 Å². The molecule has 0 bridgehead atoms. The first-order valence-corrected chi connectivity index (χ1v) is 3.55. The van der Waals surface area contributed by atoms with Gasteiger partial charge in [-0.05, 0) is 24.6 Å². The van der Waals surface area contributed by atoms with Crippen LogP contribution in [0.1, 0.15) is 12.6 Å². The molecule has 11 heavy (non-hydrogen) atoms. The SMILES string of the molecule is C=CC=C(C)c1ccccn1. The molecule has 1 rings (SSSR count). The van der Waals surface area contributed by atoms with Crippen LogP contribution >= 0.6 is 0 Å². The van der Waals surface area contributed by atoms with Crippen molar-refractivity contribution in [2.24, 2.45) is 0 Å². The minimum Gasteiger partial charge on any atom is -0.257 e. The quantitative estimate of drug-likeness (QED) is 0.583. The highest BCUT2D eigenvalue weighted by atomic mass is 14.7. The molecule has 0 radical (unpaired) electrons. The van der Waals surface area contributed by atoms with Crippen molar-refractivity contribution in [3.63, 3.8) is 0 Å². The van der Waals surface area contributed by atoms with Crippen molar-refractivity contribution in [1.82, 2.24) is 4.98 Å². The zero-order chi connectivity index (χ0) is 8.10. The van der Waals surface area contributed by atoms with E-state index in [1.165, 1.54) is 0 Å². The van der Waals surface area contributed by atoms with Crippen molar-refractivity contribution >= 4 is 5.57 Å². The summed E-state index contributed by atoms with van der Waals surface area (Å²) in [6, 6.07) is 5.86. The van der Waals surface area contributed by atoms with Gasteiger partial charge < -0.3 is 0 Å². The van der Waals surface area contributed by atoms with Gasteiger partial charge >= 0.3 is 0 Å². The molecule has 0 aliphatic carbocycles. The van der Waals surface area contributed by atoms with Crippen LogP contribution < -0.4 is 0 Å². The smallest absolute Gasteiger partial charge is 0.0658 e. The van der Waals surface area contributed by atoms with E-state index in [9.17, 15) is 0 Å². The predicted molar refractivity (Wildman–Crippen MR) is 48.1 cm³/mol. The largest absolute Gasteiger partial charge is 0.257 e. The molecule has 0 saturated carbocycles. The van der Waals surface area contributed by atoms with Gasteiger partial charge in [-0.15, -0.1) is 0 Å². The van der Waals surface area contributed by atoms with Crippen molar-refractivity contribution in [2.45, 2.75) is 6.92 Å². The summed E-state index contributed by atoms with van der Waals surface area (Å²) in [4.78, 5) is 4.18. The summed E-state index contributed by atoms with van der Waals surface area (Å²) in [7, 11) is 0. The van der Waals surface area contributed by atoms with Crippen LogP contribution in [0.3, 0.4) is 0 Å². The Bertz CT molecular complexity index is 259. The Morgan fingerprint density at radius 2 is 2.36 bits per heavy atom. The molecule has 0 unspecified atom stereocenters. The molecule has 0 saturated heterocycles. The minimum absolute atomic E-state index is 1.01. The maximum atomic E-state index is 4.18. The highest BCUT2D eigenvalue weighted by molar-refractivity contribution is 5.61. The van der Waals surface area contributed by atoms with Crippen LogP contribution in [-0.4, -0.2) is 4.98 Å². The summed E-state index contributed by atoms with van der Waals surface area (Å²) in [6.45, 7) is 5.64. The summed E-state index contributed by atoms with van der Waals surface area (Å²) in [6.07, 6.45) is 5.50. The fraction of sp³-hybridized carbons (Fsp3) is 0.100. The van der Waals surface area contributed by atoms with E-state index in [0.29, 0.717) is 0 Å². The Morgan fingerprint density at radius 3 is 2.91 bits per heavy atom. The molecule has 0 atom stereocenters. The van der Waals surface area contributed by atoms with Gasteiger partial charge in [-0.2, -0.15) is 0 Å². The Labute approximate surface area is 67.1 Å². The topological polar surface area (TPSA) is 12.9 Å². The highest BCUT2D eigenvalue weighted by Crippen LogP contribution is 2.08. The first-order chi connectivity index (χ1) is 5.34. The van der Waals surface area contributed by atoms with Gasteiger partial charge in [0, 0.05) is 6.20 Å². The molecule has 0 fully saturated rings. The average molecular weight is 145 g/mol. The molecule has 1 heteroatoms. The monoisotopic (exact) mass is 145 g/mol. The number of pyridine rings is 1. The fourth-order valence-electron chi connectivity index (χ4n) is 0.858. The molecule has 1 nitrogen and oxygen atoms in total. The zero-order valence-corrected chi connectivity index (χ0v) is 6.62. The van der Waals surface area contributed by atoms with Crippen molar-refractivity contribution in [3.8, 4) is 0 Å². The molecule has 1 aromatic heterocycles. The van der Waals surface area contributed by atoms with E-state index in [2.05, 4.69) is 11.6 Å². The Kier molecular flexibility index (Phi) is 2.61. The Hall–Kier alpha value is -1.37. The third-order valence-electron chi connectivity index (χ3n) is 1.44. The third-order valence-corrected chi connectivity index (χ3v) is 1.44. The van der Waals surface area contributed by atoms with Gasteiger partial charge in [0.15, 0.2) is 0 Å². The van der Waals surface area contributed by atoms with E-state index in [1.54, 1.807) is 12.3 Å². The molecule has 0 aromatic carbocycles. The second kappa shape index (κ2) is 3.71. The minimum atomic E-state index is 1.01. The lowest BCUT2D eigenvalue weighted by Crippen LogP contribution is -1.82. The average Bonchev–Trinajstić information content (AvgIpc) is 2.07. The van der Waals surface area contributed by atoms with E-state index in [0.717, 1.165) is 11.3 Å². The fourth-order valence-corrected chi connectivity index (χ4v) is 0.858. The number of aromatic nitrogens is 1. The van der Waals surface area contributed by atoms with Crippen LogP contribution in [-0.2, 0) is 0 Å². The van der Waals surface area contributed by atoms with Crippen LogP contribution in [0, 0.1) is 0 Å². The molecular weight excluding hydrogens is 134 g/mol. The molecule has 0 N–H and O–H groups in total. The highest BCUT2D eigenvalue weighted by Gasteiger charge is 1.91. The van der Waals surface area contributed by atoms with Gasteiger partial charge in [-0.1, -0.05) is 24.8 Å². The maximum Gasteiger partial charge on any atom is 0.0658 e. The lowest BCUT2D eigenvalue weighted by atomic mass is 10.2. The molecule has 0 aliphatic heterocycles. The van der Waals surface area contributed by atoms with Gasteiger partial charge in [-0.3, -0.25) is 4.98 Å². The van der Waals surface area contributed by atoms with Crippen LogP contribution in [0.25, 0.3) is 5.57 Å². The first-order valence-electron chi connectivity index (χ1n) is 3.55. The molecule has 1 aromatic rings. The van der Waals surface area contributed by atoms with Gasteiger partial charge in [0.05, 0.1) is 5.69 Å². The summed E-state index contributed by atoms with van der Waals surface area (Å²) in [5, 5.41) is 0. The number of nitrogens with zero attached hydrogens (tertiary/aromatic N) is 1. The molecule has 0 amide bonds. The van der Waals surface area contributed by atoms with Gasteiger partial charge in [-0.25, -0.2) is 0 Å². The van der Waals surface area contributed by atoms with Crippen molar-refractivity contribution < 1.29 is 0 Å². The Morgan fingerprint density at radius 1 is 1.55 bits per heavy atom. The van der Waals surface area contributed by atoms with Gasteiger partial charge in [0.1, 0.15) is 0 Å². The van der Waals surface area contributed by atoms with Crippen molar-refractivity contribution in [1.29, 1.82) is 0 Å². The van der Waals surface area contributed by atoms with Crippen LogP contribution in [0.15, 0.2) is 43.1 Å². The molecule has 1 heterocycles. The Balaban J connectivity index is 2.94. The second-order valence-electron chi connectivity index (χ2n) is 2.30. The molecule has 56 valence electrons. The summed E-state index contributed by atoms with van der Waals surface area (Å²) in [5.41, 5.74) is 2.15. The van der Waals surface area contributed by atoms with Gasteiger partial charge in [0.2, 0.25) is 0 Å². The third kappa shape index (κ3) is 2.04. The predicted octanol–water partition coefficient (Wildman–Crippen LogP) is 2.67. The number of allylic oxidation sites excluding steroid dienone is 3. The van der Waals surface area contributed by atoms with E-state index >= 15 is 0 Å². The first kappa shape index (κ1) is 7.73. The van der Waals surface area contributed by atoms with Crippen LogP contribution in [0.2, 0.25) is 0 Å². The molecule has 0 spiro atoms. The lowest BCUT2D eigenvalue weighted by Gasteiger charge is -1.96. The van der Waals surface area contributed by atoms with Gasteiger partial charge in [0.25, 0.3) is 0 Å². The van der Waals surface area contributed by atoms with E-state index in [1.807, 2.05) is 31.2 Å². The van der Waals surface area contributed by atoms with E-state index < -0.39 is 0 Å². The number of rotatable bonds is 2. The standard InChI is InChI=1S/C10H11N/c1-3-6-9(2)10-7-4-5-8-11-10/h3-8H,1H2,2H3. The van der Waals surface area contributed by atoms with Crippen LogP contribution in [0.4, 0.5) is 0 Å². The molecule has 0 aliphatic rings. The van der Waals surface area contributed by atoms with E-state index in [-0.39, 0.29) is 0 Å². The summed E-state index contributed by atoms with van der Waals surface area (Å²) in [5.74, 6) is 0. The molecular formula is C10H11N. The summed E-state index contributed by atoms with van der Waals surface area (Å²) < 4.78 is 0. The maximum absolute atomic E-state index is 4.18. The second-order valence-corrected chi connectivity index (χ2v) is 2.30. The number of hydrogen-bond donors (Lipinski definition) is 0. The summed E-state index contributed by atoms with van der Waals surface area (Å²) >= 11 is 0.